The van der Waals surface area contributed by atoms with Gasteiger partial charge in [0.15, 0.2) is 0 Å². The zero-order chi connectivity index (χ0) is 11.9. The Balaban J connectivity index is 3.65. The molecule has 1 N–H and O–H groups in total. The molecule has 0 aromatic heterocycles. The van der Waals surface area contributed by atoms with E-state index in [2.05, 4.69) is 46.9 Å². The van der Waals surface area contributed by atoms with Crippen LogP contribution in [0.2, 0.25) is 0 Å². The summed E-state index contributed by atoms with van der Waals surface area (Å²) in [5.74, 6) is 0. The van der Waals surface area contributed by atoms with E-state index in [-0.39, 0.29) is 5.54 Å². The summed E-state index contributed by atoms with van der Waals surface area (Å²) in [4.78, 5) is 0. The molecule has 0 aromatic carbocycles. The molecule has 0 aliphatic heterocycles. The van der Waals surface area contributed by atoms with E-state index < -0.39 is 0 Å². The number of hydrogen-bond acceptors (Lipinski definition) is 1. The van der Waals surface area contributed by atoms with Gasteiger partial charge in [-0.25, -0.2) is 0 Å². The molecule has 0 amide bonds. The molecule has 15 heavy (non-hydrogen) atoms. The highest BCUT2D eigenvalue weighted by atomic mass is 14.9. The Bertz CT molecular complexity index is 153. The average Bonchev–Trinajstić information content (AvgIpc) is 1.99. The van der Waals surface area contributed by atoms with Crippen LogP contribution < -0.4 is 5.32 Å². The van der Waals surface area contributed by atoms with E-state index >= 15 is 0 Å². The average molecular weight is 213 g/mol. The van der Waals surface area contributed by atoms with E-state index in [9.17, 15) is 0 Å². The van der Waals surface area contributed by atoms with Gasteiger partial charge in [0.1, 0.15) is 0 Å². The van der Waals surface area contributed by atoms with E-state index in [0.29, 0.717) is 5.41 Å². The summed E-state index contributed by atoms with van der Waals surface area (Å²) in [6.07, 6.45) is 6.62. The molecule has 0 unspecified atom stereocenters. The van der Waals surface area contributed by atoms with Crippen molar-refractivity contribution in [1.82, 2.24) is 5.32 Å². The van der Waals surface area contributed by atoms with Crippen LogP contribution in [0.15, 0.2) is 0 Å². The molecule has 0 radical (unpaired) electrons. The Morgan fingerprint density at radius 1 is 0.867 bits per heavy atom. The van der Waals surface area contributed by atoms with Gasteiger partial charge in [-0.15, -0.1) is 0 Å². The first-order chi connectivity index (χ1) is 6.77. The number of unbranched alkanes of at least 4 members (excludes halogenated alkanes) is 3. The summed E-state index contributed by atoms with van der Waals surface area (Å²) in [5.41, 5.74) is 0.699. The number of rotatable bonds is 7. The molecule has 0 bridgehead atoms. The highest BCUT2D eigenvalue weighted by Gasteiger charge is 2.24. The minimum Gasteiger partial charge on any atom is -0.312 e. The molecule has 1 nitrogen and oxygen atoms in total. The van der Waals surface area contributed by atoms with Gasteiger partial charge in [-0.1, -0.05) is 47.0 Å². The van der Waals surface area contributed by atoms with Crippen LogP contribution in [0.4, 0.5) is 0 Å². The van der Waals surface area contributed by atoms with Crippen molar-refractivity contribution in [2.45, 2.75) is 79.2 Å². The van der Waals surface area contributed by atoms with Crippen LogP contribution >= 0.6 is 0 Å². The van der Waals surface area contributed by atoms with Crippen LogP contribution in [0.5, 0.6) is 0 Å². The van der Waals surface area contributed by atoms with Crippen LogP contribution in [0.3, 0.4) is 0 Å². The summed E-state index contributed by atoms with van der Waals surface area (Å²) in [6, 6.07) is 0. The normalized spacial score (nSPS) is 13.2. The molecule has 0 saturated carbocycles. The van der Waals surface area contributed by atoms with E-state index in [0.717, 1.165) is 0 Å². The lowest BCUT2D eigenvalue weighted by Gasteiger charge is -2.33. The predicted octanol–water partition coefficient (Wildman–Crippen LogP) is 4.37. The Kier molecular flexibility index (Phi) is 6.51. The lowest BCUT2D eigenvalue weighted by molar-refractivity contribution is 0.241. The number of nitrogens with one attached hydrogen (secondary N) is 1. The van der Waals surface area contributed by atoms with Gasteiger partial charge < -0.3 is 5.32 Å². The fraction of sp³-hybridized carbons (Fsp3) is 1.00. The van der Waals surface area contributed by atoms with Gasteiger partial charge in [-0.2, -0.15) is 0 Å². The van der Waals surface area contributed by atoms with Gasteiger partial charge >= 0.3 is 0 Å². The second-order valence-corrected chi connectivity index (χ2v) is 6.61. The highest BCUT2D eigenvalue weighted by Crippen LogP contribution is 2.26. The van der Waals surface area contributed by atoms with Crippen molar-refractivity contribution in [2.24, 2.45) is 5.41 Å². The third-order valence-electron chi connectivity index (χ3n) is 2.61. The molecule has 0 spiro atoms. The molecule has 1 heteroatoms. The largest absolute Gasteiger partial charge is 0.312 e. The minimum atomic E-state index is 0.282. The summed E-state index contributed by atoms with van der Waals surface area (Å²) in [5, 5.41) is 3.67. The lowest BCUT2D eigenvalue weighted by atomic mass is 9.82. The van der Waals surface area contributed by atoms with Gasteiger partial charge in [-0.3, -0.25) is 0 Å². The van der Waals surface area contributed by atoms with Crippen LogP contribution in [-0.2, 0) is 0 Å². The molecule has 0 saturated heterocycles. The SMILES string of the molecule is CCCCCCNC(C)(C)CC(C)(C)C. The lowest BCUT2D eigenvalue weighted by Crippen LogP contribution is -2.42. The predicted molar refractivity (Wildman–Crippen MR) is 70.3 cm³/mol. The molecular weight excluding hydrogens is 182 g/mol. The van der Waals surface area contributed by atoms with Gasteiger partial charge in [0.25, 0.3) is 0 Å². The summed E-state index contributed by atoms with van der Waals surface area (Å²) < 4.78 is 0. The van der Waals surface area contributed by atoms with E-state index in [1.165, 1.54) is 38.6 Å². The zero-order valence-electron chi connectivity index (χ0n) is 11.7. The third-order valence-corrected chi connectivity index (χ3v) is 2.61. The topological polar surface area (TPSA) is 12.0 Å². The Morgan fingerprint density at radius 2 is 1.47 bits per heavy atom. The molecule has 0 rings (SSSR count). The van der Waals surface area contributed by atoms with Crippen LogP contribution in [0.1, 0.15) is 73.6 Å². The molecule has 0 aliphatic carbocycles. The first kappa shape index (κ1) is 15.0. The maximum atomic E-state index is 3.67. The minimum absolute atomic E-state index is 0.282. The van der Waals surface area contributed by atoms with Crippen molar-refractivity contribution >= 4 is 0 Å². The fourth-order valence-corrected chi connectivity index (χ4v) is 2.37. The van der Waals surface area contributed by atoms with E-state index in [4.69, 9.17) is 0 Å². The first-order valence-corrected chi connectivity index (χ1v) is 6.52. The summed E-state index contributed by atoms with van der Waals surface area (Å²) in [7, 11) is 0. The van der Waals surface area contributed by atoms with Crippen molar-refractivity contribution < 1.29 is 0 Å². The Labute approximate surface area is 97.0 Å². The van der Waals surface area contributed by atoms with Crippen molar-refractivity contribution in [3.8, 4) is 0 Å². The maximum absolute atomic E-state index is 3.67. The Morgan fingerprint density at radius 3 is 1.93 bits per heavy atom. The molecule has 0 aromatic rings. The van der Waals surface area contributed by atoms with Crippen molar-refractivity contribution in [3.05, 3.63) is 0 Å². The highest BCUT2D eigenvalue weighted by molar-refractivity contribution is 4.82. The summed E-state index contributed by atoms with van der Waals surface area (Å²) >= 11 is 0. The third kappa shape index (κ3) is 10.2. The van der Waals surface area contributed by atoms with Gasteiger partial charge in [0.05, 0.1) is 0 Å². The standard InChI is InChI=1S/C14H31N/c1-7-8-9-10-11-15-14(5,6)12-13(2,3)4/h15H,7-12H2,1-6H3. The van der Waals surface area contributed by atoms with E-state index in [1.807, 2.05) is 0 Å². The van der Waals surface area contributed by atoms with Gasteiger partial charge in [0, 0.05) is 5.54 Å². The van der Waals surface area contributed by atoms with Crippen LogP contribution in [0, 0.1) is 5.41 Å². The molecule has 0 aliphatic rings. The molecule has 0 fully saturated rings. The van der Waals surface area contributed by atoms with Crippen LogP contribution in [-0.4, -0.2) is 12.1 Å². The second-order valence-electron chi connectivity index (χ2n) is 6.61. The summed E-state index contributed by atoms with van der Waals surface area (Å²) in [6.45, 7) is 15.0. The first-order valence-electron chi connectivity index (χ1n) is 6.52. The number of hydrogen-bond donors (Lipinski definition) is 1. The molecule has 0 atom stereocenters. The molecule has 0 heterocycles. The molecular formula is C14H31N. The van der Waals surface area contributed by atoms with Gasteiger partial charge in [0.2, 0.25) is 0 Å². The Hall–Kier alpha value is -0.0400. The smallest absolute Gasteiger partial charge is 0.0130 e. The van der Waals surface area contributed by atoms with Crippen LogP contribution in [0.25, 0.3) is 0 Å². The molecule has 92 valence electrons. The second kappa shape index (κ2) is 6.52. The van der Waals surface area contributed by atoms with Gasteiger partial charge in [-0.05, 0) is 38.6 Å². The van der Waals surface area contributed by atoms with Crippen molar-refractivity contribution in [3.63, 3.8) is 0 Å². The maximum Gasteiger partial charge on any atom is 0.0130 e. The van der Waals surface area contributed by atoms with Crippen molar-refractivity contribution in [1.29, 1.82) is 0 Å². The monoisotopic (exact) mass is 213 g/mol. The zero-order valence-corrected chi connectivity index (χ0v) is 11.7. The fourth-order valence-electron chi connectivity index (χ4n) is 2.37. The quantitative estimate of drug-likeness (QED) is 0.619. The van der Waals surface area contributed by atoms with E-state index in [1.54, 1.807) is 0 Å². The van der Waals surface area contributed by atoms with Crippen molar-refractivity contribution in [2.75, 3.05) is 6.54 Å².